The molecule has 82 valence electrons. The molecule has 0 radical (unpaired) electrons. The van der Waals surface area contributed by atoms with Gasteiger partial charge in [0.2, 0.25) is 0 Å². The van der Waals surface area contributed by atoms with Crippen LogP contribution >= 0.6 is 11.6 Å². The van der Waals surface area contributed by atoms with Gasteiger partial charge in [-0.05, 0) is 43.2 Å². The van der Waals surface area contributed by atoms with Crippen molar-refractivity contribution < 1.29 is 0 Å². The second-order valence-electron chi connectivity index (χ2n) is 3.67. The van der Waals surface area contributed by atoms with Crippen molar-refractivity contribution in [3.8, 4) is 5.69 Å². The van der Waals surface area contributed by atoms with Crippen molar-refractivity contribution in [2.45, 2.75) is 13.8 Å². The first-order valence-electron chi connectivity index (χ1n) is 4.91. The molecule has 0 fully saturated rings. The van der Waals surface area contributed by atoms with Crippen LogP contribution < -0.4 is 5.56 Å². The predicted molar refractivity (Wildman–Crippen MR) is 64.3 cm³/mol. The maximum atomic E-state index is 11.6. The van der Waals surface area contributed by atoms with Gasteiger partial charge < -0.3 is 0 Å². The predicted octanol–water partition coefficient (Wildman–Crippen LogP) is 2.50. The average molecular weight is 235 g/mol. The van der Waals surface area contributed by atoms with Gasteiger partial charge in [0.1, 0.15) is 5.15 Å². The molecular weight excluding hydrogens is 224 g/mol. The maximum Gasteiger partial charge on any atom is 0.271 e. The van der Waals surface area contributed by atoms with Crippen LogP contribution in [0.1, 0.15) is 11.1 Å². The van der Waals surface area contributed by atoms with Gasteiger partial charge in [-0.1, -0.05) is 17.7 Å². The van der Waals surface area contributed by atoms with Crippen LogP contribution in [0.5, 0.6) is 0 Å². The van der Waals surface area contributed by atoms with Crippen molar-refractivity contribution in [3.63, 3.8) is 0 Å². The van der Waals surface area contributed by atoms with Crippen molar-refractivity contribution in [1.29, 1.82) is 0 Å². The van der Waals surface area contributed by atoms with Gasteiger partial charge in [0, 0.05) is 6.07 Å². The largest absolute Gasteiger partial charge is 0.271 e. The fourth-order valence-corrected chi connectivity index (χ4v) is 1.57. The van der Waals surface area contributed by atoms with Crippen molar-refractivity contribution in [2.24, 2.45) is 0 Å². The Balaban J connectivity index is 2.63. The molecule has 0 N–H and O–H groups in total. The van der Waals surface area contributed by atoms with Crippen molar-refractivity contribution in [2.75, 3.05) is 0 Å². The summed E-state index contributed by atoms with van der Waals surface area (Å²) in [6.07, 6.45) is 0. The number of rotatable bonds is 1. The molecule has 0 spiro atoms. The number of benzene rings is 1. The molecule has 3 nitrogen and oxygen atoms in total. The van der Waals surface area contributed by atoms with E-state index in [-0.39, 0.29) is 5.56 Å². The molecule has 0 saturated heterocycles. The molecule has 0 aliphatic carbocycles. The summed E-state index contributed by atoms with van der Waals surface area (Å²) in [4.78, 5) is 11.6. The molecule has 4 heteroatoms. The zero-order valence-electron chi connectivity index (χ0n) is 9.07. The molecule has 0 saturated carbocycles. The van der Waals surface area contributed by atoms with Gasteiger partial charge in [-0.25, -0.2) is 0 Å². The van der Waals surface area contributed by atoms with Crippen molar-refractivity contribution in [1.82, 2.24) is 9.78 Å². The summed E-state index contributed by atoms with van der Waals surface area (Å²) in [7, 11) is 0. The summed E-state index contributed by atoms with van der Waals surface area (Å²) in [6, 6.07) is 8.62. The molecule has 0 unspecified atom stereocenters. The van der Waals surface area contributed by atoms with Crippen LogP contribution in [-0.2, 0) is 0 Å². The molecule has 1 aromatic carbocycles. The van der Waals surface area contributed by atoms with Crippen LogP contribution in [0.25, 0.3) is 5.69 Å². The maximum absolute atomic E-state index is 11.6. The third-order valence-electron chi connectivity index (χ3n) is 2.50. The highest BCUT2D eigenvalue weighted by molar-refractivity contribution is 6.29. The fraction of sp³-hybridized carbons (Fsp3) is 0.167. The molecule has 1 heterocycles. The van der Waals surface area contributed by atoms with Crippen LogP contribution in [0.2, 0.25) is 5.15 Å². The number of aromatic nitrogens is 2. The van der Waals surface area contributed by atoms with E-state index in [9.17, 15) is 4.79 Å². The Kier molecular flexibility index (Phi) is 2.79. The zero-order valence-corrected chi connectivity index (χ0v) is 9.82. The Hall–Kier alpha value is -1.61. The lowest BCUT2D eigenvalue weighted by Crippen LogP contribution is -2.19. The lowest BCUT2D eigenvalue weighted by atomic mass is 10.1. The van der Waals surface area contributed by atoms with E-state index >= 15 is 0 Å². The summed E-state index contributed by atoms with van der Waals surface area (Å²) in [6.45, 7) is 4.02. The lowest BCUT2D eigenvalue weighted by Gasteiger charge is -2.06. The van der Waals surface area contributed by atoms with Crippen molar-refractivity contribution >= 4 is 11.6 Å². The number of nitrogens with zero attached hydrogens (tertiary/aromatic N) is 2. The molecule has 2 rings (SSSR count). The fourth-order valence-electron chi connectivity index (χ4n) is 1.43. The quantitative estimate of drug-likeness (QED) is 0.760. The minimum absolute atomic E-state index is 0.187. The Morgan fingerprint density at radius 2 is 1.88 bits per heavy atom. The Bertz CT molecular complexity index is 590. The topological polar surface area (TPSA) is 34.9 Å². The molecule has 0 amide bonds. The Morgan fingerprint density at radius 3 is 2.56 bits per heavy atom. The Morgan fingerprint density at radius 1 is 1.12 bits per heavy atom. The Labute approximate surface area is 98.3 Å². The first kappa shape index (κ1) is 10.9. The monoisotopic (exact) mass is 234 g/mol. The van der Waals surface area contributed by atoms with Crippen LogP contribution in [0, 0.1) is 13.8 Å². The molecule has 0 aliphatic heterocycles. The van der Waals surface area contributed by atoms with Gasteiger partial charge >= 0.3 is 0 Å². The average Bonchev–Trinajstić information content (AvgIpc) is 2.26. The first-order chi connectivity index (χ1) is 7.58. The van der Waals surface area contributed by atoms with Crippen LogP contribution in [0.4, 0.5) is 0 Å². The van der Waals surface area contributed by atoms with Gasteiger partial charge in [-0.3, -0.25) is 4.79 Å². The summed E-state index contributed by atoms with van der Waals surface area (Å²) >= 11 is 5.77. The normalized spacial score (nSPS) is 10.4. The highest BCUT2D eigenvalue weighted by Crippen LogP contribution is 2.12. The smallest absolute Gasteiger partial charge is 0.267 e. The van der Waals surface area contributed by atoms with E-state index < -0.39 is 0 Å². The highest BCUT2D eigenvalue weighted by atomic mass is 35.5. The molecule has 0 atom stereocenters. The second-order valence-corrected chi connectivity index (χ2v) is 4.06. The van der Waals surface area contributed by atoms with E-state index in [1.165, 1.54) is 22.4 Å². The third-order valence-corrected chi connectivity index (χ3v) is 2.70. The number of hydrogen-bond donors (Lipinski definition) is 0. The number of aryl methyl sites for hydroxylation is 2. The standard InChI is InChI=1S/C12H11ClN2O/c1-8-3-4-10(7-9(8)2)15-12(16)6-5-11(13)14-15/h3-7H,1-2H3. The lowest BCUT2D eigenvalue weighted by molar-refractivity contribution is 0.806. The zero-order chi connectivity index (χ0) is 11.7. The van der Waals surface area contributed by atoms with Gasteiger partial charge in [0.05, 0.1) is 5.69 Å². The summed E-state index contributed by atoms with van der Waals surface area (Å²) in [5.41, 5.74) is 2.84. The van der Waals surface area contributed by atoms with Crippen LogP contribution in [-0.4, -0.2) is 9.78 Å². The minimum atomic E-state index is -0.187. The first-order valence-corrected chi connectivity index (χ1v) is 5.29. The summed E-state index contributed by atoms with van der Waals surface area (Å²) < 4.78 is 1.30. The van der Waals surface area contributed by atoms with Gasteiger partial charge in [-0.15, -0.1) is 0 Å². The van der Waals surface area contributed by atoms with Crippen LogP contribution in [0.3, 0.4) is 0 Å². The molecular formula is C12H11ClN2O. The van der Waals surface area contributed by atoms with Gasteiger partial charge in [0.25, 0.3) is 5.56 Å². The molecule has 1 aromatic heterocycles. The van der Waals surface area contributed by atoms with E-state index in [1.807, 2.05) is 32.0 Å². The highest BCUT2D eigenvalue weighted by Gasteiger charge is 2.03. The van der Waals surface area contributed by atoms with E-state index in [0.717, 1.165) is 11.3 Å². The molecule has 0 bridgehead atoms. The second kappa shape index (κ2) is 4.10. The summed E-state index contributed by atoms with van der Waals surface area (Å²) in [5, 5.41) is 4.29. The third kappa shape index (κ3) is 1.99. The van der Waals surface area contributed by atoms with E-state index in [0.29, 0.717) is 5.15 Å². The number of hydrogen-bond acceptors (Lipinski definition) is 2. The van der Waals surface area contributed by atoms with Gasteiger partial charge in [-0.2, -0.15) is 9.78 Å². The molecule has 16 heavy (non-hydrogen) atoms. The van der Waals surface area contributed by atoms with Crippen molar-refractivity contribution in [3.05, 3.63) is 57.0 Å². The summed E-state index contributed by atoms with van der Waals surface area (Å²) in [5.74, 6) is 0. The van der Waals surface area contributed by atoms with E-state index in [4.69, 9.17) is 11.6 Å². The van der Waals surface area contributed by atoms with Crippen LogP contribution in [0.15, 0.2) is 35.1 Å². The molecule has 2 aromatic rings. The van der Waals surface area contributed by atoms with E-state index in [1.54, 1.807) is 0 Å². The molecule has 0 aliphatic rings. The van der Waals surface area contributed by atoms with E-state index in [2.05, 4.69) is 5.10 Å². The number of halogens is 1. The SMILES string of the molecule is Cc1ccc(-n2nc(Cl)ccc2=O)cc1C. The minimum Gasteiger partial charge on any atom is -0.267 e. The van der Waals surface area contributed by atoms with Gasteiger partial charge in [0.15, 0.2) is 0 Å².